The van der Waals surface area contributed by atoms with Crippen LogP contribution in [0.5, 0.6) is 0 Å². The fourth-order valence-electron chi connectivity index (χ4n) is 2.15. The van der Waals surface area contributed by atoms with Crippen LogP contribution in [0.15, 0.2) is 60.8 Å². The van der Waals surface area contributed by atoms with Crippen molar-refractivity contribution in [3.63, 3.8) is 0 Å². The molecule has 0 aliphatic carbocycles. The molecule has 1 amide bonds. The van der Waals surface area contributed by atoms with E-state index in [1.54, 1.807) is 24.4 Å². The highest BCUT2D eigenvalue weighted by Crippen LogP contribution is 2.10. The molecule has 2 heterocycles. The number of hydrogen-bond acceptors (Lipinski definition) is 5. The average molecular weight is 319 g/mol. The monoisotopic (exact) mass is 319 g/mol. The molecule has 24 heavy (non-hydrogen) atoms. The molecule has 120 valence electrons. The lowest BCUT2D eigenvalue weighted by molar-refractivity contribution is 0.102. The van der Waals surface area contributed by atoms with Crippen molar-refractivity contribution in [2.75, 3.05) is 10.6 Å². The Morgan fingerprint density at radius 1 is 1.00 bits per heavy atom. The molecule has 0 fully saturated rings. The molecule has 6 heteroatoms. The lowest BCUT2D eigenvalue weighted by Gasteiger charge is -2.07. The highest BCUT2D eigenvalue weighted by atomic mass is 16.1. The summed E-state index contributed by atoms with van der Waals surface area (Å²) < 4.78 is 0. The van der Waals surface area contributed by atoms with Gasteiger partial charge in [-0.25, -0.2) is 0 Å². The zero-order valence-corrected chi connectivity index (χ0v) is 13.2. The van der Waals surface area contributed by atoms with E-state index >= 15 is 0 Å². The van der Waals surface area contributed by atoms with Gasteiger partial charge in [0.1, 0.15) is 5.82 Å². The Kier molecular flexibility index (Phi) is 4.76. The zero-order chi connectivity index (χ0) is 16.8. The lowest BCUT2D eigenvalue weighted by atomic mass is 10.1. The molecule has 0 saturated carbocycles. The zero-order valence-electron chi connectivity index (χ0n) is 13.2. The smallest absolute Gasteiger partial charge is 0.256 e. The van der Waals surface area contributed by atoms with Crippen LogP contribution in [0.3, 0.4) is 0 Å². The third-order valence-electron chi connectivity index (χ3n) is 3.36. The first-order valence-corrected chi connectivity index (χ1v) is 7.56. The fraction of sp³-hybridized carbons (Fsp3) is 0.111. The van der Waals surface area contributed by atoms with Gasteiger partial charge in [-0.15, -0.1) is 10.2 Å². The van der Waals surface area contributed by atoms with Gasteiger partial charge >= 0.3 is 0 Å². The summed E-state index contributed by atoms with van der Waals surface area (Å²) in [5.74, 6) is 0.821. The number of carbonyl (C=O) groups is 1. The van der Waals surface area contributed by atoms with Crippen LogP contribution in [0.2, 0.25) is 0 Å². The van der Waals surface area contributed by atoms with Crippen molar-refractivity contribution >= 4 is 17.5 Å². The van der Waals surface area contributed by atoms with Crippen LogP contribution in [0.4, 0.5) is 11.6 Å². The Morgan fingerprint density at radius 3 is 2.54 bits per heavy atom. The van der Waals surface area contributed by atoms with Crippen molar-refractivity contribution in [3.05, 3.63) is 77.6 Å². The van der Waals surface area contributed by atoms with Gasteiger partial charge < -0.3 is 10.6 Å². The van der Waals surface area contributed by atoms with E-state index in [-0.39, 0.29) is 5.91 Å². The van der Waals surface area contributed by atoms with Crippen molar-refractivity contribution in [2.24, 2.45) is 0 Å². The molecule has 3 rings (SSSR count). The van der Waals surface area contributed by atoms with E-state index < -0.39 is 0 Å². The van der Waals surface area contributed by atoms with Crippen LogP contribution in [0.25, 0.3) is 0 Å². The quantitative estimate of drug-likeness (QED) is 0.755. The summed E-state index contributed by atoms with van der Waals surface area (Å²) in [4.78, 5) is 16.4. The second-order valence-electron chi connectivity index (χ2n) is 5.30. The SMILES string of the molecule is Cc1cccc(C(=O)Nc2ccc(NCc3ccccn3)nn2)c1. The molecule has 0 saturated heterocycles. The van der Waals surface area contributed by atoms with Gasteiger partial charge in [-0.3, -0.25) is 9.78 Å². The number of hydrogen-bond donors (Lipinski definition) is 2. The summed E-state index contributed by atoms with van der Waals surface area (Å²) in [5, 5.41) is 13.9. The Hall–Kier alpha value is -3.28. The minimum Gasteiger partial charge on any atom is -0.363 e. The number of aromatic nitrogens is 3. The molecule has 0 spiro atoms. The molecule has 0 aliphatic heterocycles. The van der Waals surface area contributed by atoms with Crippen LogP contribution in [-0.4, -0.2) is 21.1 Å². The third kappa shape index (κ3) is 4.13. The minimum absolute atomic E-state index is 0.206. The number of nitrogens with zero attached hydrogens (tertiary/aromatic N) is 3. The van der Waals surface area contributed by atoms with Gasteiger partial charge in [0, 0.05) is 11.8 Å². The number of rotatable bonds is 5. The molecule has 2 N–H and O–H groups in total. The summed E-state index contributed by atoms with van der Waals surface area (Å²) in [6, 6.07) is 16.6. The predicted molar refractivity (Wildman–Crippen MR) is 92.7 cm³/mol. The maximum absolute atomic E-state index is 12.2. The Bertz CT molecular complexity index is 818. The number of anilines is 2. The second kappa shape index (κ2) is 7.32. The molecular formula is C18H17N5O. The number of amides is 1. The van der Waals surface area contributed by atoms with E-state index in [4.69, 9.17) is 0 Å². The predicted octanol–water partition coefficient (Wildman–Crippen LogP) is 3.04. The lowest BCUT2D eigenvalue weighted by Crippen LogP contribution is -2.14. The first kappa shape index (κ1) is 15.6. The van der Waals surface area contributed by atoms with Gasteiger partial charge in [0.2, 0.25) is 0 Å². The topological polar surface area (TPSA) is 79.8 Å². The molecule has 3 aromatic rings. The van der Waals surface area contributed by atoms with E-state index in [2.05, 4.69) is 25.8 Å². The van der Waals surface area contributed by atoms with Crippen LogP contribution >= 0.6 is 0 Å². The van der Waals surface area contributed by atoms with Crippen LogP contribution in [0.1, 0.15) is 21.6 Å². The second-order valence-corrected chi connectivity index (χ2v) is 5.30. The number of aryl methyl sites for hydroxylation is 1. The van der Waals surface area contributed by atoms with E-state index in [0.29, 0.717) is 23.7 Å². The largest absolute Gasteiger partial charge is 0.363 e. The van der Waals surface area contributed by atoms with Crippen LogP contribution in [-0.2, 0) is 6.54 Å². The summed E-state index contributed by atoms with van der Waals surface area (Å²) in [7, 11) is 0. The normalized spacial score (nSPS) is 10.2. The molecule has 0 aliphatic rings. The van der Waals surface area contributed by atoms with Gasteiger partial charge in [-0.1, -0.05) is 23.8 Å². The molecule has 6 nitrogen and oxygen atoms in total. The molecule has 0 radical (unpaired) electrons. The van der Waals surface area contributed by atoms with Gasteiger partial charge in [0.05, 0.1) is 12.2 Å². The van der Waals surface area contributed by atoms with Crippen LogP contribution < -0.4 is 10.6 Å². The minimum atomic E-state index is -0.206. The van der Waals surface area contributed by atoms with E-state index in [1.807, 2.05) is 43.3 Å². The van der Waals surface area contributed by atoms with Gasteiger partial charge in [-0.2, -0.15) is 0 Å². The standard InChI is InChI=1S/C18H17N5O/c1-13-5-4-6-14(11-13)18(24)21-17-9-8-16(22-23-17)20-12-15-7-2-3-10-19-15/h2-11H,12H2,1H3,(H,20,22)(H,21,23,24). The maximum Gasteiger partial charge on any atom is 0.256 e. The number of pyridine rings is 1. The van der Waals surface area contributed by atoms with Crippen molar-refractivity contribution in [1.82, 2.24) is 15.2 Å². The summed E-state index contributed by atoms with van der Waals surface area (Å²) >= 11 is 0. The van der Waals surface area contributed by atoms with Crippen molar-refractivity contribution in [3.8, 4) is 0 Å². The maximum atomic E-state index is 12.2. The Morgan fingerprint density at radius 2 is 1.83 bits per heavy atom. The number of nitrogens with one attached hydrogen (secondary N) is 2. The average Bonchev–Trinajstić information content (AvgIpc) is 2.62. The van der Waals surface area contributed by atoms with E-state index in [0.717, 1.165) is 11.3 Å². The van der Waals surface area contributed by atoms with Gasteiger partial charge in [0.25, 0.3) is 5.91 Å². The summed E-state index contributed by atoms with van der Waals surface area (Å²) in [6.45, 7) is 2.50. The van der Waals surface area contributed by atoms with Crippen molar-refractivity contribution in [1.29, 1.82) is 0 Å². The van der Waals surface area contributed by atoms with E-state index in [9.17, 15) is 4.79 Å². The van der Waals surface area contributed by atoms with Crippen molar-refractivity contribution < 1.29 is 4.79 Å². The number of benzene rings is 1. The molecule has 2 aromatic heterocycles. The summed E-state index contributed by atoms with van der Waals surface area (Å²) in [5.41, 5.74) is 2.54. The molecule has 0 atom stereocenters. The molecule has 0 unspecified atom stereocenters. The fourth-order valence-corrected chi connectivity index (χ4v) is 2.15. The van der Waals surface area contributed by atoms with Gasteiger partial charge in [-0.05, 0) is 43.3 Å². The van der Waals surface area contributed by atoms with Crippen LogP contribution in [0, 0.1) is 6.92 Å². The Balaban J connectivity index is 1.59. The molecular weight excluding hydrogens is 302 g/mol. The highest BCUT2D eigenvalue weighted by molar-refractivity contribution is 6.03. The Labute approximate surface area is 140 Å². The third-order valence-corrected chi connectivity index (χ3v) is 3.36. The first-order chi connectivity index (χ1) is 11.7. The van der Waals surface area contributed by atoms with Crippen molar-refractivity contribution in [2.45, 2.75) is 13.5 Å². The molecule has 1 aromatic carbocycles. The molecule has 0 bridgehead atoms. The number of carbonyl (C=O) groups excluding carboxylic acids is 1. The van der Waals surface area contributed by atoms with E-state index in [1.165, 1.54) is 0 Å². The summed E-state index contributed by atoms with van der Waals surface area (Å²) in [6.07, 6.45) is 1.74. The highest BCUT2D eigenvalue weighted by Gasteiger charge is 2.07. The van der Waals surface area contributed by atoms with Gasteiger partial charge in [0.15, 0.2) is 5.82 Å². The first-order valence-electron chi connectivity index (χ1n) is 7.56.